The van der Waals surface area contributed by atoms with Crippen molar-refractivity contribution in [2.75, 3.05) is 19.0 Å². The molecule has 0 radical (unpaired) electrons. The summed E-state index contributed by atoms with van der Waals surface area (Å²) in [5, 5.41) is 2.74. The highest BCUT2D eigenvalue weighted by molar-refractivity contribution is 6.14. The van der Waals surface area contributed by atoms with Gasteiger partial charge in [0, 0.05) is 16.8 Å². The van der Waals surface area contributed by atoms with Crippen molar-refractivity contribution in [3.63, 3.8) is 0 Å². The molecule has 0 bridgehead atoms. The van der Waals surface area contributed by atoms with Crippen LogP contribution in [-0.2, 0) is 9.53 Å². The van der Waals surface area contributed by atoms with Gasteiger partial charge in [-0.1, -0.05) is 30.3 Å². The predicted octanol–water partition coefficient (Wildman–Crippen LogP) is 4.34. The van der Waals surface area contributed by atoms with Crippen LogP contribution in [0.25, 0.3) is 0 Å². The predicted molar refractivity (Wildman–Crippen MR) is 118 cm³/mol. The Kier molecular flexibility index (Phi) is 6.82. The number of anilines is 1. The first-order valence-corrected chi connectivity index (χ1v) is 9.71. The average Bonchev–Trinajstić information content (AvgIpc) is 2.80. The maximum atomic E-state index is 12.9. The summed E-state index contributed by atoms with van der Waals surface area (Å²) in [6, 6.07) is 18.5. The van der Waals surface area contributed by atoms with Gasteiger partial charge in [-0.2, -0.15) is 0 Å². The van der Waals surface area contributed by atoms with E-state index in [1.54, 1.807) is 55.6 Å². The van der Waals surface area contributed by atoms with E-state index < -0.39 is 18.5 Å². The summed E-state index contributed by atoms with van der Waals surface area (Å²) in [4.78, 5) is 37.7. The van der Waals surface area contributed by atoms with Gasteiger partial charge in [-0.15, -0.1) is 0 Å². The molecular weight excluding hydrogens is 394 g/mol. The van der Waals surface area contributed by atoms with E-state index in [9.17, 15) is 14.4 Å². The van der Waals surface area contributed by atoms with Gasteiger partial charge in [-0.05, 0) is 61.4 Å². The van der Waals surface area contributed by atoms with Crippen molar-refractivity contribution in [1.82, 2.24) is 0 Å². The molecule has 3 aromatic rings. The summed E-state index contributed by atoms with van der Waals surface area (Å²) in [7, 11) is 1.54. The molecule has 3 aromatic carbocycles. The van der Waals surface area contributed by atoms with Gasteiger partial charge in [0.15, 0.2) is 12.4 Å². The molecule has 0 unspecified atom stereocenters. The van der Waals surface area contributed by atoms with Gasteiger partial charge < -0.3 is 14.8 Å². The van der Waals surface area contributed by atoms with Crippen LogP contribution in [0.15, 0.2) is 66.7 Å². The third-order valence-corrected chi connectivity index (χ3v) is 4.96. The Morgan fingerprint density at radius 1 is 0.839 bits per heavy atom. The minimum absolute atomic E-state index is 0.0999. The van der Waals surface area contributed by atoms with Crippen LogP contribution in [0.4, 0.5) is 5.69 Å². The zero-order valence-corrected chi connectivity index (χ0v) is 17.6. The van der Waals surface area contributed by atoms with Gasteiger partial charge in [-0.3, -0.25) is 9.59 Å². The minimum atomic E-state index is -0.742. The third kappa shape index (κ3) is 5.17. The number of esters is 1. The Labute approximate surface area is 180 Å². The summed E-state index contributed by atoms with van der Waals surface area (Å²) >= 11 is 0. The van der Waals surface area contributed by atoms with E-state index in [1.807, 2.05) is 26.0 Å². The van der Waals surface area contributed by atoms with Crippen LogP contribution in [0.1, 0.15) is 37.4 Å². The Morgan fingerprint density at radius 2 is 1.52 bits per heavy atom. The molecule has 31 heavy (non-hydrogen) atoms. The quantitative estimate of drug-likeness (QED) is 0.457. The number of ether oxygens (including phenoxy) is 2. The molecule has 6 heteroatoms. The van der Waals surface area contributed by atoms with Crippen LogP contribution < -0.4 is 10.1 Å². The normalized spacial score (nSPS) is 10.3. The number of hydrogen-bond acceptors (Lipinski definition) is 5. The summed E-state index contributed by atoms with van der Waals surface area (Å²) in [5.41, 5.74) is 3.36. The second-order valence-electron chi connectivity index (χ2n) is 6.97. The van der Waals surface area contributed by atoms with Gasteiger partial charge in [-0.25, -0.2) is 4.79 Å². The molecule has 3 rings (SSSR count). The zero-order valence-electron chi connectivity index (χ0n) is 17.6. The number of methoxy groups -OCH3 is 1. The maximum absolute atomic E-state index is 12.9. The fraction of sp³-hybridized carbons (Fsp3) is 0.160. The Morgan fingerprint density at radius 3 is 2.19 bits per heavy atom. The average molecular weight is 417 g/mol. The number of nitrogens with one attached hydrogen (secondary N) is 1. The molecule has 0 atom stereocenters. The lowest BCUT2D eigenvalue weighted by Crippen LogP contribution is -2.22. The van der Waals surface area contributed by atoms with Gasteiger partial charge in [0.25, 0.3) is 5.91 Å². The van der Waals surface area contributed by atoms with Crippen molar-refractivity contribution in [2.45, 2.75) is 13.8 Å². The van der Waals surface area contributed by atoms with Crippen LogP contribution >= 0.6 is 0 Å². The topological polar surface area (TPSA) is 81.7 Å². The molecule has 0 fully saturated rings. The minimum Gasteiger partial charge on any atom is -0.497 e. The highest BCUT2D eigenvalue weighted by Gasteiger charge is 2.20. The van der Waals surface area contributed by atoms with Crippen LogP contribution in [0.2, 0.25) is 0 Å². The number of ketones is 1. The monoisotopic (exact) mass is 417 g/mol. The van der Waals surface area contributed by atoms with Gasteiger partial charge in [0.1, 0.15) is 5.75 Å². The molecule has 0 saturated heterocycles. The van der Waals surface area contributed by atoms with Crippen LogP contribution in [0, 0.1) is 13.8 Å². The van der Waals surface area contributed by atoms with Gasteiger partial charge in [0.2, 0.25) is 0 Å². The van der Waals surface area contributed by atoms with Crippen LogP contribution in [-0.4, -0.2) is 31.4 Å². The lowest BCUT2D eigenvalue weighted by atomic mass is 9.98. The number of rotatable bonds is 7. The molecule has 0 spiro atoms. The molecular formula is C25H23NO5. The van der Waals surface area contributed by atoms with E-state index in [-0.39, 0.29) is 16.9 Å². The van der Waals surface area contributed by atoms with E-state index in [0.717, 1.165) is 11.1 Å². The number of hydrogen-bond donors (Lipinski definition) is 1. The van der Waals surface area contributed by atoms with Crippen molar-refractivity contribution in [3.8, 4) is 5.75 Å². The number of carbonyl (C=O) groups excluding carboxylic acids is 3. The standard InChI is InChI=1S/C25H23NO5/c1-16-7-6-10-22(17(16)2)26-23(27)15-31-25(29)21-9-5-4-8-20(21)24(28)18-11-13-19(30-3)14-12-18/h4-14H,15H2,1-3H3,(H,26,27). The second-order valence-corrected chi connectivity index (χ2v) is 6.97. The molecule has 0 heterocycles. The molecule has 0 aromatic heterocycles. The highest BCUT2D eigenvalue weighted by atomic mass is 16.5. The van der Waals surface area contributed by atoms with Crippen LogP contribution in [0.3, 0.4) is 0 Å². The van der Waals surface area contributed by atoms with Crippen molar-refractivity contribution in [3.05, 3.63) is 94.5 Å². The lowest BCUT2D eigenvalue weighted by molar-refractivity contribution is -0.119. The van der Waals surface area contributed by atoms with E-state index in [4.69, 9.17) is 9.47 Å². The Balaban J connectivity index is 1.70. The number of carbonyl (C=O) groups is 3. The first kappa shape index (κ1) is 21.8. The number of amides is 1. The molecule has 6 nitrogen and oxygen atoms in total. The maximum Gasteiger partial charge on any atom is 0.339 e. The summed E-state index contributed by atoms with van der Waals surface area (Å²) in [5.74, 6) is -0.899. The smallest absolute Gasteiger partial charge is 0.339 e. The SMILES string of the molecule is COc1ccc(C(=O)c2ccccc2C(=O)OCC(=O)Nc2cccc(C)c2C)cc1. The first-order chi connectivity index (χ1) is 14.9. The molecule has 1 amide bonds. The molecule has 0 aliphatic heterocycles. The van der Waals surface area contributed by atoms with Crippen molar-refractivity contribution in [2.24, 2.45) is 0 Å². The largest absolute Gasteiger partial charge is 0.497 e. The van der Waals surface area contributed by atoms with E-state index in [2.05, 4.69) is 5.32 Å². The van der Waals surface area contributed by atoms with E-state index in [0.29, 0.717) is 17.0 Å². The third-order valence-electron chi connectivity index (χ3n) is 4.96. The molecule has 0 aliphatic carbocycles. The van der Waals surface area contributed by atoms with Crippen molar-refractivity contribution in [1.29, 1.82) is 0 Å². The van der Waals surface area contributed by atoms with Crippen molar-refractivity contribution < 1.29 is 23.9 Å². The Bertz CT molecular complexity index is 1120. The van der Waals surface area contributed by atoms with E-state index in [1.165, 1.54) is 6.07 Å². The van der Waals surface area contributed by atoms with E-state index >= 15 is 0 Å². The zero-order chi connectivity index (χ0) is 22.4. The van der Waals surface area contributed by atoms with Crippen molar-refractivity contribution >= 4 is 23.3 Å². The summed E-state index contributed by atoms with van der Waals surface area (Å²) < 4.78 is 10.3. The van der Waals surface area contributed by atoms with Gasteiger partial charge in [0.05, 0.1) is 12.7 Å². The number of benzene rings is 3. The molecule has 158 valence electrons. The summed E-state index contributed by atoms with van der Waals surface area (Å²) in [6.07, 6.45) is 0. The van der Waals surface area contributed by atoms with Crippen LogP contribution in [0.5, 0.6) is 5.75 Å². The number of aryl methyl sites for hydroxylation is 1. The molecule has 0 saturated carbocycles. The van der Waals surface area contributed by atoms with Gasteiger partial charge >= 0.3 is 5.97 Å². The first-order valence-electron chi connectivity index (χ1n) is 9.71. The lowest BCUT2D eigenvalue weighted by Gasteiger charge is -2.12. The highest BCUT2D eigenvalue weighted by Crippen LogP contribution is 2.20. The summed E-state index contributed by atoms with van der Waals surface area (Å²) in [6.45, 7) is 3.39. The fourth-order valence-electron chi connectivity index (χ4n) is 3.04. The molecule has 0 aliphatic rings. The Hall–Kier alpha value is -3.93. The second kappa shape index (κ2) is 9.71. The fourth-order valence-corrected chi connectivity index (χ4v) is 3.04. The molecule has 1 N–H and O–H groups in total.